The molecule has 1 aromatic carbocycles. The maximum Gasteiger partial charge on any atom is 0.302 e. The Morgan fingerprint density at radius 1 is 1.00 bits per heavy atom. The number of benzene rings is 1. The van der Waals surface area contributed by atoms with E-state index in [-0.39, 0.29) is 11.9 Å². The summed E-state index contributed by atoms with van der Waals surface area (Å²) in [6.07, 6.45) is 0. The molecule has 0 saturated carbocycles. The molecule has 5 heteroatoms. The molecule has 0 aliphatic rings. The number of carbonyl (C=O) groups excluding carboxylic acids is 1. The molecule has 0 bridgehead atoms. The summed E-state index contributed by atoms with van der Waals surface area (Å²) in [5, 5.41) is 0. The fourth-order valence-corrected chi connectivity index (χ4v) is 3.10. The Morgan fingerprint density at radius 3 is 2.00 bits per heavy atom. The van der Waals surface area contributed by atoms with Crippen LogP contribution in [0.1, 0.15) is 11.5 Å². The van der Waals surface area contributed by atoms with Crippen LogP contribution in [0, 0.1) is 0 Å². The van der Waals surface area contributed by atoms with Gasteiger partial charge in [-0.15, -0.1) is 0 Å². The molecule has 0 spiro atoms. The predicted molar refractivity (Wildman–Crippen MR) is 87.9 cm³/mol. The lowest BCUT2D eigenvalue weighted by atomic mass is 10.0. The van der Waals surface area contributed by atoms with E-state index in [0.29, 0.717) is 6.61 Å². The van der Waals surface area contributed by atoms with Crippen molar-refractivity contribution in [1.82, 2.24) is 0 Å². The van der Waals surface area contributed by atoms with Crippen LogP contribution < -0.4 is 0 Å². The van der Waals surface area contributed by atoms with Gasteiger partial charge in [-0.05, 0) is 44.8 Å². The highest BCUT2D eigenvalue weighted by Gasteiger charge is 2.29. The predicted octanol–water partition coefficient (Wildman–Crippen LogP) is 4.00. The largest absolute Gasteiger partial charge is 0.519 e. The molecule has 0 saturated heterocycles. The summed E-state index contributed by atoms with van der Waals surface area (Å²) in [5.41, 5.74) is 0.967. The van der Waals surface area contributed by atoms with Crippen LogP contribution in [0.3, 0.4) is 0 Å². The summed E-state index contributed by atoms with van der Waals surface area (Å²) in [7, 11) is -3.54. The molecule has 0 radical (unpaired) electrons. The summed E-state index contributed by atoms with van der Waals surface area (Å²) in [4.78, 5) is 12.4. The second kappa shape index (κ2) is 6.69. The van der Waals surface area contributed by atoms with Crippen LogP contribution in [0.25, 0.3) is 0 Å². The van der Waals surface area contributed by atoms with Crippen molar-refractivity contribution in [1.29, 1.82) is 0 Å². The highest BCUT2D eigenvalue weighted by molar-refractivity contribution is 6.71. The van der Waals surface area contributed by atoms with E-state index in [1.807, 2.05) is 50.0 Å². The second-order valence-electron chi connectivity index (χ2n) is 6.92. The number of hydrogen-bond donors (Lipinski definition) is 0. The normalized spacial score (nSPS) is 13.9. The monoisotopic (exact) mass is 310 g/mol. The highest BCUT2D eigenvalue weighted by Crippen LogP contribution is 2.21. The first-order valence-corrected chi connectivity index (χ1v) is 13.8. The lowest BCUT2D eigenvalue weighted by Crippen LogP contribution is -2.35. The van der Waals surface area contributed by atoms with Gasteiger partial charge in [0.1, 0.15) is 5.92 Å². The zero-order chi connectivity index (χ0) is 15.4. The highest BCUT2D eigenvalue weighted by atomic mass is 28.4. The minimum Gasteiger partial charge on any atom is -0.519 e. The minimum atomic E-state index is -1.88. The van der Waals surface area contributed by atoms with Crippen LogP contribution in [0.2, 0.25) is 39.3 Å². The van der Waals surface area contributed by atoms with E-state index in [2.05, 4.69) is 19.6 Å². The quantitative estimate of drug-likeness (QED) is 0.745. The Labute approximate surface area is 124 Å². The molecule has 0 aromatic heterocycles. The molecule has 112 valence electrons. The summed E-state index contributed by atoms with van der Waals surface area (Å²) in [6, 6.07) is 9.76. The molecule has 0 aliphatic heterocycles. The van der Waals surface area contributed by atoms with Gasteiger partial charge in [0.05, 0.1) is 6.61 Å². The van der Waals surface area contributed by atoms with Crippen LogP contribution in [0.15, 0.2) is 30.3 Å². The van der Waals surface area contributed by atoms with Crippen molar-refractivity contribution in [3.05, 3.63) is 35.9 Å². The lowest BCUT2D eigenvalue weighted by Gasteiger charge is -2.26. The van der Waals surface area contributed by atoms with Crippen molar-refractivity contribution >= 4 is 22.6 Å². The summed E-state index contributed by atoms with van der Waals surface area (Å²) in [5.74, 6) is -0.483. The molecular weight excluding hydrogens is 284 g/mol. The van der Waals surface area contributed by atoms with Gasteiger partial charge in [-0.3, -0.25) is 4.79 Å². The van der Waals surface area contributed by atoms with E-state index >= 15 is 0 Å². The van der Waals surface area contributed by atoms with Gasteiger partial charge in [-0.2, -0.15) is 0 Å². The van der Waals surface area contributed by atoms with Crippen molar-refractivity contribution in [2.24, 2.45) is 0 Å². The maximum atomic E-state index is 12.4. The molecule has 0 N–H and O–H groups in total. The van der Waals surface area contributed by atoms with Crippen molar-refractivity contribution < 1.29 is 13.6 Å². The Bertz CT molecular complexity index is 433. The van der Waals surface area contributed by atoms with Crippen LogP contribution in [0.4, 0.5) is 0 Å². The second-order valence-corrected chi connectivity index (χ2v) is 15.9. The SMILES string of the molecule is C[Si](C)(C)OC[C@@H](C(=O)O[Si](C)(C)C)c1ccccc1. The van der Waals surface area contributed by atoms with E-state index in [1.165, 1.54) is 0 Å². The van der Waals surface area contributed by atoms with Gasteiger partial charge in [0.15, 0.2) is 8.32 Å². The van der Waals surface area contributed by atoms with Gasteiger partial charge in [0.2, 0.25) is 8.32 Å². The molecule has 0 unspecified atom stereocenters. The van der Waals surface area contributed by atoms with E-state index in [9.17, 15) is 4.79 Å². The number of rotatable bonds is 6. The topological polar surface area (TPSA) is 35.5 Å². The zero-order valence-electron chi connectivity index (χ0n) is 13.4. The molecule has 0 heterocycles. The summed E-state index contributed by atoms with van der Waals surface area (Å²) in [6.45, 7) is 12.8. The smallest absolute Gasteiger partial charge is 0.302 e. The fourth-order valence-electron chi connectivity index (χ4n) is 1.69. The van der Waals surface area contributed by atoms with Crippen molar-refractivity contribution in [3.8, 4) is 0 Å². The first-order chi connectivity index (χ1) is 9.08. The van der Waals surface area contributed by atoms with Crippen LogP contribution in [-0.4, -0.2) is 29.2 Å². The molecule has 20 heavy (non-hydrogen) atoms. The Hall–Kier alpha value is -0.916. The third kappa shape index (κ3) is 6.50. The maximum absolute atomic E-state index is 12.4. The molecular formula is C15H26O3Si2. The standard InChI is InChI=1S/C15H26O3Si2/c1-19(2,3)17-12-14(13-10-8-7-9-11-13)15(16)18-20(4,5)6/h7-11,14H,12H2,1-6H3/t14-/m1/s1. The third-order valence-electron chi connectivity index (χ3n) is 2.58. The van der Waals surface area contributed by atoms with Gasteiger partial charge in [-0.25, -0.2) is 0 Å². The molecule has 3 nitrogen and oxygen atoms in total. The lowest BCUT2D eigenvalue weighted by molar-refractivity contribution is -0.137. The van der Waals surface area contributed by atoms with Crippen molar-refractivity contribution in [2.75, 3.05) is 6.61 Å². The summed E-state index contributed by atoms with van der Waals surface area (Å²) >= 11 is 0. The first-order valence-electron chi connectivity index (χ1n) is 7.00. The van der Waals surface area contributed by atoms with Crippen LogP contribution in [0.5, 0.6) is 0 Å². The molecule has 0 aliphatic carbocycles. The van der Waals surface area contributed by atoms with Gasteiger partial charge < -0.3 is 8.85 Å². The van der Waals surface area contributed by atoms with E-state index in [4.69, 9.17) is 8.85 Å². The first kappa shape index (κ1) is 17.1. The van der Waals surface area contributed by atoms with Crippen LogP contribution in [-0.2, 0) is 13.6 Å². The minimum absolute atomic E-state index is 0.159. The molecule has 1 atom stereocenters. The van der Waals surface area contributed by atoms with E-state index < -0.39 is 16.6 Å². The number of carbonyl (C=O) groups is 1. The average molecular weight is 311 g/mol. The fraction of sp³-hybridized carbons (Fsp3) is 0.533. The van der Waals surface area contributed by atoms with Crippen molar-refractivity contribution in [3.63, 3.8) is 0 Å². The molecule has 1 aromatic rings. The van der Waals surface area contributed by atoms with Crippen LogP contribution >= 0.6 is 0 Å². The average Bonchev–Trinajstić information content (AvgIpc) is 2.26. The Kier molecular flexibility index (Phi) is 5.73. The zero-order valence-corrected chi connectivity index (χ0v) is 15.4. The molecule has 1 rings (SSSR count). The van der Waals surface area contributed by atoms with Gasteiger partial charge in [-0.1, -0.05) is 30.3 Å². The Morgan fingerprint density at radius 2 is 1.55 bits per heavy atom. The van der Waals surface area contributed by atoms with Gasteiger partial charge >= 0.3 is 5.97 Å². The van der Waals surface area contributed by atoms with Crippen molar-refractivity contribution in [2.45, 2.75) is 45.2 Å². The number of hydrogen-bond acceptors (Lipinski definition) is 3. The van der Waals surface area contributed by atoms with E-state index in [0.717, 1.165) is 5.56 Å². The Balaban J connectivity index is 2.88. The van der Waals surface area contributed by atoms with E-state index in [1.54, 1.807) is 0 Å². The molecule has 0 fully saturated rings. The summed E-state index contributed by atoms with van der Waals surface area (Å²) < 4.78 is 11.6. The van der Waals surface area contributed by atoms with Gasteiger partial charge in [0, 0.05) is 0 Å². The molecule has 0 amide bonds. The van der Waals surface area contributed by atoms with Gasteiger partial charge in [0.25, 0.3) is 0 Å². The third-order valence-corrected chi connectivity index (χ3v) is 4.42.